The summed E-state index contributed by atoms with van der Waals surface area (Å²) in [6, 6.07) is 5.23. The molecular formula is C17H18N2O5S. The monoisotopic (exact) mass is 362 g/mol. The predicted molar refractivity (Wildman–Crippen MR) is 90.7 cm³/mol. The number of fused-ring (bicyclic) bond motifs is 2. The summed E-state index contributed by atoms with van der Waals surface area (Å²) in [4.78, 5) is 38.8. The molecule has 25 heavy (non-hydrogen) atoms. The van der Waals surface area contributed by atoms with Crippen LogP contribution in [0.3, 0.4) is 0 Å². The number of aliphatic carboxylic acids is 1. The molecule has 0 unspecified atom stereocenters. The van der Waals surface area contributed by atoms with Crippen molar-refractivity contribution in [2.75, 3.05) is 37.4 Å². The van der Waals surface area contributed by atoms with E-state index in [1.807, 2.05) is 6.07 Å². The first-order chi connectivity index (χ1) is 12.0. The normalized spacial score (nSPS) is 28.1. The molecule has 0 saturated carbocycles. The number of carbonyl (C=O) groups excluding carboxylic acids is 2. The molecule has 2 saturated heterocycles. The number of nitrogens with one attached hydrogen (secondary N) is 1. The molecule has 7 nitrogen and oxygen atoms in total. The second-order valence-electron chi connectivity index (χ2n) is 6.72. The highest BCUT2D eigenvalue weighted by atomic mass is 32.2. The Labute approximate surface area is 148 Å². The number of rotatable bonds is 2. The largest absolute Gasteiger partial charge is 0.481 e. The van der Waals surface area contributed by atoms with E-state index in [1.165, 1.54) is 11.8 Å². The fraction of sp³-hybridized carbons (Fsp3) is 0.471. The summed E-state index contributed by atoms with van der Waals surface area (Å²) in [6.45, 7) is 1.36. The van der Waals surface area contributed by atoms with E-state index in [1.54, 1.807) is 17.0 Å². The highest BCUT2D eigenvalue weighted by Gasteiger charge is 2.54. The molecule has 1 aromatic rings. The van der Waals surface area contributed by atoms with E-state index in [9.17, 15) is 19.5 Å². The van der Waals surface area contributed by atoms with Gasteiger partial charge in [0.25, 0.3) is 5.91 Å². The van der Waals surface area contributed by atoms with E-state index in [2.05, 4.69) is 5.32 Å². The average molecular weight is 362 g/mol. The van der Waals surface area contributed by atoms with Crippen molar-refractivity contribution >= 4 is 35.2 Å². The molecule has 132 valence electrons. The van der Waals surface area contributed by atoms with Crippen molar-refractivity contribution in [3.63, 3.8) is 0 Å². The summed E-state index contributed by atoms with van der Waals surface area (Å²) in [6.07, 6.45) is 0.424. The van der Waals surface area contributed by atoms with E-state index in [0.717, 1.165) is 4.90 Å². The highest BCUT2D eigenvalue weighted by molar-refractivity contribution is 8.00. The Balaban J connectivity index is 1.59. The maximum atomic E-state index is 12.9. The molecule has 0 radical (unpaired) electrons. The number of ether oxygens (including phenoxy) is 1. The Bertz CT molecular complexity index is 767. The molecule has 0 bridgehead atoms. The number of hydrogen-bond donors (Lipinski definition) is 2. The molecule has 2 amide bonds. The van der Waals surface area contributed by atoms with Gasteiger partial charge >= 0.3 is 5.97 Å². The SMILES string of the molecule is O=C1CSc2ccc(C(=O)N3C[C@H]4COCC[C@@]4(C(=O)O)C3)cc2N1. The maximum absolute atomic E-state index is 12.9. The number of carboxylic acid groups (broad SMARTS) is 1. The van der Waals surface area contributed by atoms with Gasteiger partial charge in [-0.3, -0.25) is 14.4 Å². The highest BCUT2D eigenvalue weighted by Crippen LogP contribution is 2.43. The lowest BCUT2D eigenvalue weighted by Gasteiger charge is -2.33. The topological polar surface area (TPSA) is 95.9 Å². The maximum Gasteiger partial charge on any atom is 0.311 e. The van der Waals surface area contributed by atoms with Crippen LogP contribution in [0.4, 0.5) is 5.69 Å². The molecule has 0 spiro atoms. The van der Waals surface area contributed by atoms with Crippen molar-refractivity contribution < 1.29 is 24.2 Å². The van der Waals surface area contributed by atoms with Gasteiger partial charge in [0.1, 0.15) is 0 Å². The first-order valence-corrected chi connectivity index (χ1v) is 9.15. The van der Waals surface area contributed by atoms with E-state index >= 15 is 0 Å². The molecule has 3 aliphatic heterocycles. The van der Waals surface area contributed by atoms with Crippen molar-refractivity contribution in [1.29, 1.82) is 0 Å². The molecule has 8 heteroatoms. The summed E-state index contributed by atoms with van der Waals surface area (Å²) in [5.41, 5.74) is 0.188. The quantitative estimate of drug-likeness (QED) is 0.823. The zero-order valence-corrected chi connectivity index (χ0v) is 14.3. The molecule has 4 rings (SSSR count). The molecule has 0 aliphatic carbocycles. The van der Waals surface area contributed by atoms with Crippen LogP contribution in [-0.4, -0.2) is 59.8 Å². The van der Waals surface area contributed by atoms with Crippen LogP contribution >= 0.6 is 11.8 Å². The Hall–Kier alpha value is -2.06. The van der Waals surface area contributed by atoms with Gasteiger partial charge < -0.3 is 20.1 Å². The van der Waals surface area contributed by atoms with Crippen molar-refractivity contribution in [3.05, 3.63) is 23.8 Å². The molecule has 3 heterocycles. The van der Waals surface area contributed by atoms with Crippen LogP contribution in [0.1, 0.15) is 16.8 Å². The number of benzene rings is 1. The lowest BCUT2D eigenvalue weighted by molar-refractivity contribution is -0.157. The summed E-state index contributed by atoms with van der Waals surface area (Å²) >= 11 is 1.44. The summed E-state index contributed by atoms with van der Waals surface area (Å²) in [7, 11) is 0. The number of likely N-dealkylation sites (tertiary alicyclic amines) is 1. The van der Waals surface area contributed by atoms with Crippen LogP contribution in [0, 0.1) is 11.3 Å². The van der Waals surface area contributed by atoms with Crippen molar-refractivity contribution in [2.24, 2.45) is 11.3 Å². The van der Waals surface area contributed by atoms with Crippen molar-refractivity contribution in [1.82, 2.24) is 4.90 Å². The zero-order valence-electron chi connectivity index (χ0n) is 13.5. The molecule has 3 aliphatic rings. The fourth-order valence-corrected chi connectivity index (χ4v) is 4.64. The lowest BCUT2D eigenvalue weighted by atomic mass is 9.74. The number of hydrogen-bond acceptors (Lipinski definition) is 5. The average Bonchev–Trinajstić information content (AvgIpc) is 3.01. The minimum absolute atomic E-state index is 0.0868. The molecule has 2 fully saturated rings. The number of thioether (sulfide) groups is 1. The van der Waals surface area contributed by atoms with Gasteiger partial charge in [0, 0.05) is 36.1 Å². The van der Waals surface area contributed by atoms with Gasteiger partial charge in [0.05, 0.1) is 23.5 Å². The number of anilines is 1. The fourth-order valence-electron chi connectivity index (χ4n) is 3.85. The minimum atomic E-state index is -0.911. The second kappa shape index (κ2) is 6.03. The van der Waals surface area contributed by atoms with Crippen LogP contribution in [0.2, 0.25) is 0 Å². The van der Waals surface area contributed by atoms with E-state index in [4.69, 9.17) is 4.74 Å². The van der Waals surface area contributed by atoms with Crippen molar-refractivity contribution in [3.8, 4) is 0 Å². The molecule has 0 aromatic heterocycles. The van der Waals surface area contributed by atoms with Gasteiger partial charge in [-0.15, -0.1) is 11.8 Å². The van der Waals surface area contributed by atoms with Crippen LogP contribution < -0.4 is 5.32 Å². The number of amides is 2. The third-order valence-corrected chi connectivity index (χ3v) is 6.35. The number of nitrogens with zero attached hydrogens (tertiary/aromatic N) is 1. The zero-order chi connectivity index (χ0) is 17.6. The second-order valence-corrected chi connectivity index (χ2v) is 7.73. The molecule has 2 atom stereocenters. The van der Waals surface area contributed by atoms with Gasteiger partial charge in [0.2, 0.25) is 5.91 Å². The molecule has 1 aromatic carbocycles. The minimum Gasteiger partial charge on any atom is -0.481 e. The van der Waals surface area contributed by atoms with Crippen LogP contribution in [0.25, 0.3) is 0 Å². The standard InChI is InChI=1S/C17H18N2O5S/c20-14-8-25-13-2-1-10(5-12(13)18-14)15(21)19-6-11-7-24-4-3-17(11,9-19)16(22)23/h1-2,5,11H,3-4,6-9H2,(H,18,20)(H,22,23)/t11-,17+/m0/s1. The van der Waals surface area contributed by atoms with E-state index in [0.29, 0.717) is 43.2 Å². The first-order valence-electron chi connectivity index (χ1n) is 8.17. The predicted octanol–water partition coefficient (Wildman–Crippen LogP) is 1.29. The van der Waals surface area contributed by atoms with Crippen molar-refractivity contribution in [2.45, 2.75) is 11.3 Å². The summed E-state index contributed by atoms with van der Waals surface area (Å²) < 4.78 is 5.43. The van der Waals surface area contributed by atoms with Crippen LogP contribution in [0.5, 0.6) is 0 Å². The van der Waals surface area contributed by atoms with Crippen LogP contribution in [-0.2, 0) is 14.3 Å². The molecular weight excluding hydrogens is 344 g/mol. The summed E-state index contributed by atoms with van der Waals surface area (Å²) in [5, 5.41) is 12.5. The van der Waals surface area contributed by atoms with Gasteiger partial charge in [-0.25, -0.2) is 0 Å². The first kappa shape index (κ1) is 16.4. The Morgan fingerprint density at radius 1 is 1.40 bits per heavy atom. The van der Waals surface area contributed by atoms with Gasteiger partial charge in [-0.05, 0) is 24.6 Å². The Kier molecular flexibility index (Phi) is 3.96. The van der Waals surface area contributed by atoms with Crippen LogP contribution in [0.15, 0.2) is 23.1 Å². The molecule has 2 N–H and O–H groups in total. The summed E-state index contributed by atoms with van der Waals surface area (Å²) in [5.74, 6) is -0.963. The van der Waals surface area contributed by atoms with E-state index in [-0.39, 0.29) is 24.3 Å². The van der Waals surface area contributed by atoms with E-state index < -0.39 is 11.4 Å². The smallest absolute Gasteiger partial charge is 0.311 e. The third kappa shape index (κ3) is 2.69. The Morgan fingerprint density at radius 2 is 2.24 bits per heavy atom. The van der Waals surface area contributed by atoms with Gasteiger partial charge in [0.15, 0.2) is 0 Å². The number of carbonyl (C=O) groups is 3. The Morgan fingerprint density at radius 3 is 3.00 bits per heavy atom. The van der Waals surface area contributed by atoms with Gasteiger partial charge in [-0.2, -0.15) is 0 Å². The lowest BCUT2D eigenvalue weighted by Crippen LogP contribution is -2.45. The third-order valence-electron chi connectivity index (χ3n) is 5.28. The van der Waals surface area contributed by atoms with Gasteiger partial charge in [-0.1, -0.05) is 0 Å². The number of carboxylic acids is 1.